The first-order chi connectivity index (χ1) is 10.1. The third-order valence-corrected chi connectivity index (χ3v) is 3.30. The van der Waals surface area contributed by atoms with Crippen LogP contribution < -0.4 is 15.8 Å². The van der Waals surface area contributed by atoms with Crippen molar-refractivity contribution in [3.05, 3.63) is 58.6 Å². The molecule has 2 rings (SSSR count). The Morgan fingerprint density at radius 1 is 1.29 bits per heavy atom. The van der Waals surface area contributed by atoms with Gasteiger partial charge in [0.2, 0.25) is 0 Å². The van der Waals surface area contributed by atoms with Crippen LogP contribution in [0.5, 0.6) is 5.75 Å². The maximum atomic E-state index is 12.0. The van der Waals surface area contributed by atoms with Gasteiger partial charge in [-0.3, -0.25) is 4.79 Å². The number of nitrogens with one attached hydrogen (secondary N) is 1. The van der Waals surface area contributed by atoms with Gasteiger partial charge in [-0.05, 0) is 25.1 Å². The first-order valence-corrected chi connectivity index (χ1v) is 7.03. The molecule has 0 aliphatic heterocycles. The highest BCUT2D eigenvalue weighted by molar-refractivity contribution is 6.31. The molecule has 4 nitrogen and oxygen atoms in total. The second-order valence-corrected chi connectivity index (χ2v) is 4.90. The number of hydrogen-bond donors (Lipinski definition) is 2. The van der Waals surface area contributed by atoms with Crippen molar-refractivity contribution in [1.29, 1.82) is 0 Å². The van der Waals surface area contributed by atoms with Gasteiger partial charge >= 0.3 is 0 Å². The molecule has 2 aromatic carbocycles. The zero-order valence-corrected chi connectivity index (χ0v) is 12.5. The van der Waals surface area contributed by atoms with Crippen LogP contribution >= 0.6 is 11.6 Å². The van der Waals surface area contributed by atoms with Gasteiger partial charge in [0.1, 0.15) is 12.4 Å². The molecule has 0 aliphatic rings. The summed E-state index contributed by atoms with van der Waals surface area (Å²) in [6.07, 6.45) is 0. The fourth-order valence-electron chi connectivity index (χ4n) is 1.87. The third kappa shape index (κ3) is 3.89. The zero-order chi connectivity index (χ0) is 15.2. The van der Waals surface area contributed by atoms with E-state index >= 15 is 0 Å². The number of carbonyl (C=O) groups excluding carboxylic acids is 1. The van der Waals surface area contributed by atoms with Crippen molar-refractivity contribution >= 4 is 23.2 Å². The summed E-state index contributed by atoms with van der Waals surface area (Å²) in [7, 11) is 0. The van der Waals surface area contributed by atoms with Crippen LogP contribution in [0.4, 0.5) is 5.69 Å². The predicted octanol–water partition coefficient (Wildman–Crippen LogP) is 3.25. The van der Waals surface area contributed by atoms with E-state index in [9.17, 15) is 4.79 Å². The van der Waals surface area contributed by atoms with Gasteiger partial charge in [-0.25, -0.2) is 0 Å². The van der Waals surface area contributed by atoms with E-state index < -0.39 is 0 Å². The first kappa shape index (κ1) is 15.2. The molecule has 0 radical (unpaired) electrons. The van der Waals surface area contributed by atoms with Crippen LogP contribution in [-0.2, 0) is 6.61 Å². The Morgan fingerprint density at radius 3 is 2.76 bits per heavy atom. The summed E-state index contributed by atoms with van der Waals surface area (Å²) in [5.41, 5.74) is 7.61. The molecule has 0 aliphatic carbocycles. The number of amides is 1. The fourth-order valence-corrected chi connectivity index (χ4v) is 2.06. The second kappa shape index (κ2) is 6.99. The average molecular weight is 305 g/mol. The number of ether oxygens (including phenoxy) is 1. The minimum atomic E-state index is -0.188. The molecule has 0 saturated carbocycles. The van der Waals surface area contributed by atoms with Gasteiger partial charge in [0.25, 0.3) is 5.91 Å². The van der Waals surface area contributed by atoms with Crippen LogP contribution in [-0.4, -0.2) is 12.5 Å². The van der Waals surface area contributed by atoms with Gasteiger partial charge in [0, 0.05) is 28.9 Å². The van der Waals surface area contributed by atoms with Crippen molar-refractivity contribution in [2.24, 2.45) is 0 Å². The number of nitrogen functional groups attached to an aromatic ring is 1. The Morgan fingerprint density at radius 2 is 2.05 bits per heavy atom. The Balaban J connectivity index is 2.20. The van der Waals surface area contributed by atoms with Crippen LogP contribution in [0.1, 0.15) is 22.8 Å². The van der Waals surface area contributed by atoms with E-state index in [-0.39, 0.29) is 12.5 Å². The Bertz CT molecular complexity index is 644. The van der Waals surface area contributed by atoms with Crippen molar-refractivity contribution < 1.29 is 9.53 Å². The van der Waals surface area contributed by atoms with E-state index in [1.54, 1.807) is 24.3 Å². The number of carbonyl (C=O) groups is 1. The lowest BCUT2D eigenvalue weighted by Gasteiger charge is -2.12. The van der Waals surface area contributed by atoms with Gasteiger partial charge in [-0.1, -0.05) is 29.8 Å². The SMILES string of the molecule is CCNC(=O)c1ccc(N)cc1OCc1ccccc1Cl. The molecule has 3 N–H and O–H groups in total. The predicted molar refractivity (Wildman–Crippen MR) is 84.6 cm³/mol. The lowest BCUT2D eigenvalue weighted by atomic mass is 10.1. The summed E-state index contributed by atoms with van der Waals surface area (Å²) in [5.74, 6) is 0.257. The van der Waals surface area contributed by atoms with Crippen LogP contribution in [0.15, 0.2) is 42.5 Å². The van der Waals surface area contributed by atoms with Gasteiger partial charge in [-0.15, -0.1) is 0 Å². The lowest BCUT2D eigenvalue weighted by molar-refractivity contribution is 0.0951. The topological polar surface area (TPSA) is 64.4 Å². The number of anilines is 1. The molecule has 0 unspecified atom stereocenters. The summed E-state index contributed by atoms with van der Waals surface area (Å²) in [5, 5.41) is 3.37. The molecule has 0 atom stereocenters. The van der Waals surface area contributed by atoms with Gasteiger partial charge < -0.3 is 15.8 Å². The molecule has 110 valence electrons. The van der Waals surface area contributed by atoms with Crippen molar-refractivity contribution in [2.45, 2.75) is 13.5 Å². The smallest absolute Gasteiger partial charge is 0.255 e. The maximum absolute atomic E-state index is 12.0. The fraction of sp³-hybridized carbons (Fsp3) is 0.188. The van der Waals surface area contributed by atoms with Crippen molar-refractivity contribution in [2.75, 3.05) is 12.3 Å². The van der Waals surface area contributed by atoms with Crippen molar-refractivity contribution in [3.63, 3.8) is 0 Å². The first-order valence-electron chi connectivity index (χ1n) is 6.65. The summed E-state index contributed by atoms with van der Waals surface area (Å²) >= 11 is 6.09. The molecular formula is C16H17ClN2O2. The average Bonchev–Trinajstić information content (AvgIpc) is 2.46. The third-order valence-electron chi connectivity index (χ3n) is 2.93. The highest BCUT2D eigenvalue weighted by atomic mass is 35.5. The van der Waals surface area contributed by atoms with Crippen LogP contribution in [0.2, 0.25) is 5.02 Å². The molecule has 0 bridgehead atoms. The maximum Gasteiger partial charge on any atom is 0.255 e. The highest BCUT2D eigenvalue weighted by Crippen LogP contribution is 2.24. The largest absolute Gasteiger partial charge is 0.488 e. The minimum absolute atomic E-state index is 0.188. The summed E-state index contributed by atoms with van der Waals surface area (Å²) in [6.45, 7) is 2.68. The molecule has 1 amide bonds. The Labute approximate surface area is 128 Å². The molecule has 2 aromatic rings. The van der Waals surface area contributed by atoms with Crippen LogP contribution in [0, 0.1) is 0 Å². The van der Waals surface area contributed by atoms with Crippen LogP contribution in [0.3, 0.4) is 0 Å². The van der Waals surface area contributed by atoms with Crippen molar-refractivity contribution in [3.8, 4) is 5.75 Å². The summed E-state index contributed by atoms with van der Waals surface area (Å²) < 4.78 is 5.73. The molecule has 0 spiro atoms. The quantitative estimate of drug-likeness (QED) is 0.833. The number of nitrogens with two attached hydrogens (primary N) is 1. The summed E-state index contributed by atoms with van der Waals surface area (Å²) in [4.78, 5) is 12.0. The highest BCUT2D eigenvalue weighted by Gasteiger charge is 2.12. The molecule has 21 heavy (non-hydrogen) atoms. The van der Waals surface area contributed by atoms with Gasteiger partial charge in [-0.2, -0.15) is 0 Å². The number of hydrogen-bond acceptors (Lipinski definition) is 3. The Hall–Kier alpha value is -2.20. The van der Waals surface area contributed by atoms with Crippen LogP contribution in [0.25, 0.3) is 0 Å². The van der Waals surface area contributed by atoms with E-state index in [0.29, 0.717) is 28.6 Å². The lowest BCUT2D eigenvalue weighted by Crippen LogP contribution is -2.23. The summed E-state index contributed by atoms with van der Waals surface area (Å²) in [6, 6.07) is 12.4. The number of halogens is 1. The normalized spacial score (nSPS) is 10.2. The van der Waals surface area contributed by atoms with E-state index in [1.165, 1.54) is 0 Å². The van der Waals surface area contributed by atoms with Gasteiger partial charge in [0.05, 0.1) is 5.56 Å². The standard InChI is InChI=1S/C16H17ClN2O2/c1-2-19-16(20)13-8-7-12(18)9-15(13)21-10-11-5-3-4-6-14(11)17/h3-9H,2,10,18H2,1H3,(H,19,20). The molecule has 0 saturated heterocycles. The van der Waals surface area contributed by atoms with E-state index in [0.717, 1.165) is 5.56 Å². The molecule has 0 fully saturated rings. The second-order valence-electron chi connectivity index (χ2n) is 4.50. The van der Waals surface area contributed by atoms with Gasteiger partial charge in [0.15, 0.2) is 0 Å². The minimum Gasteiger partial charge on any atom is -0.488 e. The molecule has 0 aromatic heterocycles. The van der Waals surface area contributed by atoms with E-state index in [1.807, 2.05) is 25.1 Å². The van der Waals surface area contributed by atoms with Crippen molar-refractivity contribution in [1.82, 2.24) is 5.32 Å². The monoisotopic (exact) mass is 304 g/mol. The van der Waals surface area contributed by atoms with E-state index in [4.69, 9.17) is 22.1 Å². The number of rotatable bonds is 5. The molecular weight excluding hydrogens is 288 g/mol. The zero-order valence-electron chi connectivity index (χ0n) is 11.7. The molecule has 5 heteroatoms. The van der Waals surface area contributed by atoms with E-state index in [2.05, 4.69) is 5.32 Å². The number of benzene rings is 2. The Kier molecular flexibility index (Phi) is 5.06. The molecule has 0 heterocycles.